The van der Waals surface area contributed by atoms with E-state index in [0.29, 0.717) is 11.8 Å². The van der Waals surface area contributed by atoms with Crippen molar-refractivity contribution in [3.8, 4) is 0 Å². The van der Waals surface area contributed by atoms with Gasteiger partial charge in [-0.1, -0.05) is 30.3 Å². The molecule has 6 heteroatoms. The molecule has 0 unspecified atom stereocenters. The average molecular weight is 278 g/mol. The van der Waals surface area contributed by atoms with Gasteiger partial charge in [0.15, 0.2) is 5.82 Å². The number of nitrogens with one attached hydrogen (secondary N) is 1. The number of nitrogens with zero attached hydrogens (tertiary/aromatic N) is 3. The number of aromatic nitrogens is 3. The fraction of sp³-hybridized carbons (Fsp3) is 0.308. The summed E-state index contributed by atoms with van der Waals surface area (Å²) in [6.07, 6.45) is 0. The molecule has 0 saturated carbocycles. The highest BCUT2D eigenvalue weighted by Gasteiger charge is 2.11. The van der Waals surface area contributed by atoms with Crippen LogP contribution in [0.2, 0.25) is 0 Å². The van der Waals surface area contributed by atoms with Gasteiger partial charge >= 0.3 is 0 Å². The monoisotopic (exact) mass is 277 g/mol. The molecule has 1 heterocycles. The lowest BCUT2D eigenvalue weighted by Crippen LogP contribution is -2.13. The summed E-state index contributed by atoms with van der Waals surface area (Å²) >= 11 is 5.96. The first kappa shape index (κ1) is 13.5. The van der Waals surface area contributed by atoms with E-state index in [4.69, 9.17) is 17.3 Å². The zero-order valence-electron chi connectivity index (χ0n) is 10.8. The molecule has 0 amide bonds. The molecular weight excluding hydrogens is 262 g/mol. The summed E-state index contributed by atoms with van der Waals surface area (Å²) in [6.45, 7) is 3.82. The van der Waals surface area contributed by atoms with Gasteiger partial charge in [-0.3, -0.25) is 0 Å². The van der Waals surface area contributed by atoms with Crippen molar-refractivity contribution < 1.29 is 0 Å². The molecule has 2 atom stereocenters. The maximum absolute atomic E-state index is 5.96. The fourth-order valence-electron chi connectivity index (χ4n) is 1.67. The molecule has 1 aromatic carbocycles. The predicted molar refractivity (Wildman–Crippen MR) is 77.0 cm³/mol. The summed E-state index contributed by atoms with van der Waals surface area (Å²) in [7, 11) is 0. The van der Waals surface area contributed by atoms with Crippen molar-refractivity contribution in [2.75, 3.05) is 11.1 Å². The molecule has 0 bridgehead atoms. The summed E-state index contributed by atoms with van der Waals surface area (Å²) in [5, 5.41) is 2.89. The van der Waals surface area contributed by atoms with Gasteiger partial charge in [-0.05, 0) is 19.4 Å². The number of hydrogen-bond acceptors (Lipinski definition) is 5. The molecular formula is C13H16ClN5. The van der Waals surface area contributed by atoms with Crippen LogP contribution < -0.4 is 11.1 Å². The Balaban J connectivity index is 2.19. The highest BCUT2D eigenvalue weighted by Crippen LogP contribution is 2.20. The Bertz CT molecular complexity index is 544. The van der Waals surface area contributed by atoms with Crippen LogP contribution in [0.3, 0.4) is 0 Å². The van der Waals surface area contributed by atoms with Crippen molar-refractivity contribution in [3.05, 3.63) is 41.7 Å². The molecule has 0 aliphatic heterocycles. The highest BCUT2D eigenvalue weighted by atomic mass is 35.5. The van der Waals surface area contributed by atoms with Crippen LogP contribution >= 0.6 is 11.6 Å². The van der Waals surface area contributed by atoms with E-state index in [0.717, 1.165) is 5.56 Å². The van der Waals surface area contributed by atoms with Crippen LogP contribution in [0.5, 0.6) is 0 Å². The Morgan fingerprint density at radius 3 is 2.42 bits per heavy atom. The van der Waals surface area contributed by atoms with Gasteiger partial charge in [0.05, 0.1) is 11.4 Å². The van der Waals surface area contributed by atoms with Gasteiger partial charge in [-0.25, -0.2) is 0 Å². The van der Waals surface area contributed by atoms with Crippen LogP contribution in [0.4, 0.5) is 11.9 Å². The van der Waals surface area contributed by atoms with Crippen molar-refractivity contribution in [2.24, 2.45) is 0 Å². The van der Waals surface area contributed by atoms with E-state index in [9.17, 15) is 0 Å². The molecule has 1 aromatic heterocycles. The predicted octanol–water partition coefficient (Wildman–Crippen LogP) is 2.93. The van der Waals surface area contributed by atoms with Crippen molar-refractivity contribution in [2.45, 2.75) is 25.3 Å². The van der Waals surface area contributed by atoms with E-state index < -0.39 is 0 Å². The maximum Gasteiger partial charge on any atom is 0.228 e. The molecule has 0 saturated heterocycles. The van der Waals surface area contributed by atoms with Crippen LogP contribution in [0, 0.1) is 0 Å². The quantitative estimate of drug-likeness (QED) is 0.840. The van der Waals surface area contributed by atoms with Gasteiger partial charge < -0.3 is 11.1 Å². The largest absolute Gasteiger partial charge is 0.368 e. The lowest BCUT2D eigenvalue weighted by atomic mass is 10.1. The molecule has 19 heavy (non-hydrogen) atoms. The van der Waals surface area contributed by atoms with Gasteiger partial charge in [0.25, 0.3) is 0 Å². The van der Waals surface area contributed by atoms with Gasteiger partial charge in [-0.15, -0.1) is 11.6 Å². The van der Waals surface area contributed by atoms with Crippen LogP contribution in [0.25, 0.3) is 0 Å². The Morgan fingerprint density at radius 1 is 1.11 bits per heavy atom. The molecule has 0 aliphatic carbocycles. The van der Waals surface area contributed by atoms with Gasteiger partial charge in [0.1, 0.15) is 0 Å². The lowest BCUT2D eigenvalue weighted by Gasteiger charge is -2.15. The standard InChI is InChI=1S/C13H16ClN5/c1-8(14)11-17-12(15)19-13(18-11)16-9(2)10-6-4-3-5-7-10/h3-9H,1-2H3,(H3,15,16,17,18,19)/t8-,9+/m1/s1. The maximum atomic E-state index is 5.96. The highest BCUT2D eigenvalue weighted by molar-refractivity contribution is 6.20. The fourth-order valence-corrected chi connectivity index (χ4v) is 1.77. The molecule has 5 nitrogen and oxygen atoms in total. The number of nitrogens with two attached hydrogens (primary N) is 1. The molecule has 0 spiro atoms. The van der Waals surface area contributed by atoms with Crippen molar-refractivity contribution in [3.63, 3.8) is 0 Å². The molecule has 2 rings (SSSR count). The summed E-state index contributed by atoms with van der Waals surface area (Å²) < 4.78 is 0. The number of hydrogen-bond donors (Lipinski definition) is 2. The second-order valence-corrected chi connectivity index (χ2v) is 4.92. The van der Waals surface area contributed by atoms with Gasteiger partial charge in [-0.2, -0.15) is 15.0 Å². The number of rotatable bonds is 4. The zero-order chi connectivity index (χ0) is 13.8. The minimum Gasteiger partial charge on any atom is -0.368 e. The van der Waals surface area contributed by atoms with E-state index in [2.05, 4.69) is 20.3 Å². The van der Waals surface area contributed by atoms with Crippen molar-refractivity contribution >= 4 is 23.5 Å². The molecule has 3 N–H and O–H groups in total. The molecule has 0 fully saturated rings. The van der Waals surface area contributed by atoms with E-state index >= 15 is 0 Å². The second-order valence-electron chi connectivity index (χ2n) is 4.27. The summed E-state index contributed by atoms with van der Waals surface area (Å²) in [4.78, 5) is 12.3. The van der Waals surface area contributed by atoms with Crippen LogP contribution in [-0.4, -0.2) is 15.0 Å². The number of halogens is 1. The lowest BCUT2D eigenvalue weighted by molar-refractivity contribution is 0.828. The summed E-state index contributed by atoms with van der Waals surface area (Å²) in [5.74, 6) is 1.07. The Hall–Kier alpha value is -1.88. The smallest absolute Gasteiger partial charge is 0.228 e. The molecule has 0 radical (unpaired) electrons. The Morgan fingerprint density at radius 2 is 1.79 bits per heavy atom. The third-order valence-electron chi connectivity index (χ3n) is 2.67. The zero-order valence-corrected chi connectivity index (χ0v) is 11.6. The molecule has 100 valence electrons. The average Bonchev–Trinajstić information content (AvgIpc) is 2.39. The number of anilines is 2. The van der Waals surface area contributed by atoms with Gasteiger partial charge in [0.2, 0.25) is 11.9 Å². The Kier molecular flexibility index (Phi) is 4.16. The van der Waals surface area contributed by atoms with E-state index in [-0.39, 0.29) is 17.4 Å². The second kappa shape index (κ2) is 5.84. The first-order chi connectivity index (χ1) is 9.06. The third kappa shape index (κ3) is 3.54. The third-order valence-corrected chi connectivity index (χ3v) is 2.87. The van der Waals surface area contributed by atoms with Crippen LogP contribution in [0.1, 0.15) is 36.7 Å². The number of nitrogen functional groups attached to an aromatic ring is 1. The van der Waals surface area contributed by atoms with Gasteiger partial charge in [0, 0.05) is 0 Å². The first-order valence-corrected chi connectivity index (χ1v) is 6.47. The van der Waals surface area contributed by atoms with Crippen molar-refractivity contribution in [1.29, 1.82) is 0 Å². The van der Waals surface area contributed by atoms with E-state index in [1.54, 1.807) is 6.92 Å². The number of alkyl halides is 1. The summed E-state index contributed by atoms with van der Waals surface area (Å²) in [6, 6.07) is 10.1. The SMILES string of the molecule is C[C@H](Nc1nc(N)nc([C@@H](C)Cl)n1)c1ccccc1. The normalized spacial score (nSPS) is 13.8. The first-order valence-electron chi connectivity index (χ1n) is 6.03. The van der Waals surface area contributed by atoms with Crippen LogP contribution in [0.15, 0.2) is 30.3 Å². The molecule has 0 aliphatic rings. The van der Waals surface area contributed by atoms with Crippen molar-refractivity contribution in [1.82, 2.24) is 15.0 Å². The topological polar surface area (TPSA) is 76.7 Å². The van der Waals surface area contributed by atoms with E-state index in [1.807, 2.05) is 37.3 Å². The minimum atomic E-state index is -0.308. The van der Waals surface area contributed by atoms with E-state index in [1.165, 1.54) is 0 Å². The minimum absolute atomic E-state index is 0.0708. The number of benzene rings is 1. The Labute approximate surface area is 117 Å². The molecule has 2 aromatic rings. The summed E-state index contributed by atoms with van der Waals surface area (Å²) in [5.41, 5.74) is 6.79. The van der Waals surface area contributed by atoms with Crippen LogP contribution in [-0.2, 0) is 0 Å².